The number of nitrogens with one attached hydrogen (secondary N) is 2. The molecule has 6 nitrogen and oxygen atoms in total. The third-order valence-corrected chi connectivity index (χ3v) is 4.53. The minimum absolute atomic E-state index is 0.166. The molecular weight excluding hydrogens is 350 g/mol. The summed E-state index contributed by atoms with van der Waals surface area (Å²) in [4.78, 5) is 25.4. The first-order valence-corrected chi connectivity index (χ1v) is 9.00. The van der Waals surface area contributed by atoms with Crippen LogP contribution in [0.4, 0.5) is 5.69 Å². The Bertz CT molecular complexity index is 921. The number of likely N-dealkylation sites (tertiary alicyclic amines) is 1. The molecule has 1 aromatic carbocycles. The zero-order valence-electron chi connectivity index (χ0n) is 14.7. The normalized spacial score (nSPS) is 14.1. The van der Waals surface area contributed by atoms with Gasteiger partial charge in [0.25, 0.3) is 0 Å². The lowest BCUT2D eigenvalue weighted by atomic mass is 10.2. The molecule has 0 saturated carbocycles. The molecule has 1 aliphatic rings. The first-order valence-electron chi connectivity index (χ1n) is 8.62. The number of benzene rings is 1. The highest BCUT2D eigenvalue weighted by Gasteiger charge is 2.04. The fourth-order valence-corrected chi connectivity index (χ4v) is 2.95. The highest BCUT2D eigenvalue weighted by Crippen LogP contribution is 2.12. The van der Waals surface area contributed by atoms with Gasteiger partial charge in [0.1, 0.15) is 10.7 Å². The Labute approximate surface area is 157 Å². The lowest BCUT2D eigenvalue weighted by Crippen LogP contribution is -2.11. The van der Waals surface area contributed by atoms with Gasteiger partial charge in [-0.2, -0.15) is 0 Å². The van der Waals surface area contributed by atoms with Crippen LogP contribution in [0.15, 0.2) is 47.8 Å². The number of aromatic nitrogens is 3. The molecule has 7 heteroatoms. The van der Waals surface area contributed by atoms with Crippen LogP contribution in [0.2, 0.25) is 5.02 Å². The lowest BCUT2D eigenvalue weighted by Gasteiger charge is -2.06. The van der Waals surface area contributed by atoms with E-state index in [2.05, 4.69) is 32.2 Å². The summed E-state index contributed by atoms with van der Waals surface area (Å²) in [6.45, 7) is 3.15. The van der Waals surface area contributed by atoms with Crippen LogP contribution in [0.3, 0.4) is 0 Å². The largest absolute Gasteiger partial charge is 0.377 e. The van der Waals surface area contributed by atoms with Gasteiger partial charge in [0.15, 0.2) is 0 Å². The smallest absolute Gasteiger partial charge is 0.223 e. The van der Waals surface area contributed by atoms with Gasteiger partial charge < -0.3 is 15.2 Å². The van der Waals surface area contributed by atoms with Crippen molar-refractivity contribution in [3.05, 3.63) is 63.8 Å². The van der Waals surface area contributed by atoms with Gasteiger partial charge in [0, 0.05) is 31.3 Å². The second-order valence-electron chi connectivity index (χ2n) is 6.29. The second-order valence-corrected chi connectivity index (χ2v) is 6.70. The van der Waals surface area contributed by atoms with E-state index in [0.717, 1.165) is 16.6 Å². The average Bonchev–Trinajstić information content (AvgIpc) is 3.14. The number of hydrogen-bond donors (Lipinski definition) is 2. The van der Waals surface area contributed by atoms with Crippen molar-refractivity contribution in [3.8, 4) is 0 Å². The minimum Gasteiger partial charge on any atom is -0.377 e. The third-order valence-electron chi connectivity index (χ3n) is 4.25. The van der Waals surface area contributed by atoms with E-state index < -0.39 is 0 Å². The van der Waals surface area contributed by atoms with Crippen molar-refractivity contribution in [1.82, 2.24) is 19.9 Å². The second kappa shape index (κ2) is 8.78. The van der Waals surface area contributed by atoms with Gasteiger partial charge >= 0.3 is 0 Å². The maximum Gasteiger partial charge on any atom is 0.223 e. The van der Waals surface area contributed by atoms with Crippen LogP contribution in [0, 0.1) is 0 Å². The van der Waals surface area contributed by atoms with Crippen LogP contribution in [0.25, 0.3) is 11.0 Å². The van der Waals surface area contributed by atoms with E-state index in [1.54, 1.807) is 18.6 Å². The van der Waals surface area contributed by atoms with Crippen LogP contribution in [0.1, 0.15) is 18.4 Å². The molecule has 1 saturated heterocycles. The minimum atomic E-state index is -0.217. The summed E-state index contributed by atoms with van der Waals surface area (Å²) in [7, 11) is 2.17. The molecule has 2 N–H and O–H groups in total. The summed E-state index contributed by atoms with van der Waals surface area (Å²) < 4.78 is 0. The highest BCUT2D eigenvalue weighted by atomic mass is 35.5. The summed E-state index contributed by atoms with van der Waals surface area (Å²) in [5, 5.41) is 3.22. The van der Waals surface area contributed by atoms with Crippen molar-refractivity contribution < 1.29 is 0 Å². The Morgan fingerprint density at radius 1 is 1.15 bits per heavy atom. The van der Waals surface area contributed by atoms with Gasteiger partial charge in [-0.15, -0.1) is 0 Å². The van der Waals surface area contributed by atoms with E-state index >= 15 is 0 Å². The standard InChI is InChI=1S/C14H11ClN4O.C5H11N/c15-10-7-16-8-13(14(10)20)19-6-9-1-2-11-12(5-9)18-4-3-17-11;1-6-4-2-3-5-6/h1-5,7-8,19H,6H2,(H,16,20);2-5H2,1H3. The molecule has 0 aliphatic carbocycles. The number of aromatic amines is 1. The third kappa shape index (κ3) is 4.80. The summed E-state index contributed by atoms with van der Waals surface area (Å²) >= 11 is 5.77. The van der Waals surface area contributed by atoms with E-state index in [0.29, 0.717) is 12.2 Å². The Balaban J connectivity index is 0.000000278. The molecule has 0 atom stereocenters. The van der Waals surface area contributed by atoms with Crippen LogP contribution in [-0.4, -0.2) is 40.0 Å². The number of H-pyrrole nitrogens is 1. The molecule has 26 heavy (non-hydrogen) atoms. The molecule has 1 fully saturated rings. The summed E-state index contributed by atoms with van der Waals surface area (Å²) in [5.41, 5.74) is 2.91. The molecule has 4 rings (SSSR count). The van der Waals surface area contributed by atoms with Crippen molar-refractivity contribution in [1.29, 1.82) is 0 Å². The molecular formula is C19H22ClN5O. The molecule has 0 unspecified atom stereocenters. The van der Waals surface area contributed by atoms with Crippen LogP contribution in [-0.2, 0) is 6.54 Å². The van der Waals surface area contributed by atoms with Gasteiger partial charge in [0.2, 0.25) is 5.43 Å². The zero-order chi connectivity index (χ0) is 18.4. The Kier molecular flexibility index (Phi) is 6.20. The summed E-state index contributed by atoms with van der Waals surface area (Å²) in [6.07, 6.45) is 9.19. The molecule has 1 aliphatic heterocycles. The van der Waals surface area contributed by atoms with Crippen molar-refractivity contribution >= 4 is 28.3 Å². The summed E-state index contributed by atoms with van der Waals surface area (Å²) in [5.74, 6) is 0. The first-order chi connectivity index (χ1) is 12.6. The van der Waals surface area contributed by atoms with Crippen molar-refractivity contribution in [2.75, 3.05) is 25.5 Å². The molecule has 0 radical (unpaired) electrons. The number of hydrogen-bond acceptors (Lipinski definition) is 5. The molecule has 0 bridgehead atoms. The fraction of sp³-hybridized carbons (Fsp3) is 0.316. The fourth-order valence-electron chi connectivity index (χ4n) is 2.78. The molecule has 3 heterocycles. The number of halogens is 1. The summed E-state index contributed by atoms with van der Waals surface area (Å²) in [6, 6.07) is 5.79. The van der Waals surface area contributed by atoms with E-state index in [-0.39, 0.29) is 10.5 Å². The van der Waals surface area contributed by atoms with Crippen LogP contribution < -0.4 is 10.7 Å². The van der Waals surface area contributed by atoms with E-state index in [9.17, 15) is 4.79 Å². The monoisotopic (exact) mass is 371 g/mol. The van der Waals surface area contributed by atoms with E-state index in [4.69, 9.17) is 11.6 Å². The van der Waals surface area contributed by atoms with Crippen LogP contribution in [0.5, 0.6) is 0 Å². The van der Waals surface area contributed by atoms with Gasteiger partial charge in [-0.3, -0.25) is 14.8 Å². The molecule has 0 spiro atoms. The van der Waals surface area contributed by atoms with Gasteiger partial charge in [0.05, 0.1) is 11.0 Å². The highest BCUT2D eigenvalue weighted by molar-refractivity contribution is 6.30. The maximum atomic E-state index is 11.8. The van der Waals surface area contributed by atoms with E-state index in [1.165, 1.54) is 32.1 Å². The maximum absolute atomic E-state index is 11.8. The number of fused-ring (bicyclic) bond motifs is 1. The molecule has 3 aromatic rings. The van der Waals surface area contributed by atoms with Crippen molar-refractivity contribution in [2.24, 2.45) is 0 Å². The van der Waals surface area contributed by atoms with Crippen LogP contribution >= 0.6 is 11.6 Å². The average molecular weight is 372 g/mol. The number of pyridine rings is 1. The first kappa shape index (κ1) is 18.4. The van der Waals surface area contributed by atoms with Crippen molar-refractivity contribution in [2.45, 2.75) is 19.4 Å². The lowest BCUT2D eigenvalue weighted by molar-refractivity contribution is 0.418. The number of rotatable bonds is 3. The number of nitrogens with zero attached hydrogens (tertiary/aromatic N) is 3. The predicted octanol–water partition coefficient (Wildman–Crippen LogP) is 3.30. The van der Waals surface area contributed by atoms with E-state index in [1.807, 2.05) is 18.2 Å². The predicted molar refractivity (Wildman–Crippen MR) is 106 cm³/mol. The van der Waals surface area contributed by atoms with Gasteiger partial charge in [-0.05, 0) is 50.7 Å². The Hall–Kier alpha value is -2.44. The van der Waals surface area contributed by atoms with Gasteiger partial charge in [-0.25, -0.2) is 0 Å². The van der Waals surface area contributed by atoms with Gasteiger partial charge in [-0.1, -0.05) is 17.7 Å². The quantitative estimate of drug-likeness (QED) is 0.739. The molecule has 2 aromatic heterocycles. The Morgan fingerprint density at radius 3 is 2.58 bits per heavy atom. The van der Waals surface area contributed by atoms with Crippen molar-refractivity contribution in [3.63, 3.8) is 0 Å². The molecule has 0 amide bonds. The topological polar surface area (TPSA) is 73.9 Å². The Morgan fingerprint density at radius 2 is 1.88 bits per heavy atom. The number of anilines is 1. The zero-order valence-corrected chi connectivity index (χ0v) is 15.5. The molecule has 136 valence electrons. The SMILES string of the molecule is CN1CCCC1.O=c1c(Cl)c[nH]cc1NCc1ccc2nccnc2c1.